The summed E-state index contributed by atoms with van der Waals surface area (Å²) in [5.74, 6) is 0.105. The lowest BCUT2D eigenvalue weighted by atomic mass is 9.84. The second-order valence-electron chi connectivity index (χ2n) is 6.86. The first-order valence-corrected chi connectivity index (χ1v) is 8.30. The summed E-state index contributed by atoms with van der Waals surface area (Å²) in [4.78, 5) is 0. The Morgan fingerprint density at radius 3 is 1.69 bits per heavy atom. The molecule has 0 aromatic heterocycles. The summed E-state index contributed by atoms with van der Waals surface area (Å²) in [5, 5.41) is 0. The second kappa shape index (κ2) is 7.72. The molecule has 1 atom stereocenters. The first-order chi connectivity index (χ1) is 12.0. The number of hydrogen-bond donors (Lipinski definition) is 0. The Labute approximate surface area is 148 Å². The number of alkyl halides is 6. The number of rotatable bonds is 5. The van der Waals surface area contributed by atoms with Gasteiger partial charge < -0.3 is 0 Å². The molecule has 26 heavy (non-hydrogen) atoms. The zero-order valence-corrected chi connectivity index (χ0v) is 14.5. The molecule has 2 aromatic rings. The van der Waals surface area contributed by atoms with Crippen molar-refractivity contribution in [1.82, 2.24) is 0 Å². The van der Waals surface area contributed by atoms with Gasteiger partial charge in [-0.25, -0.2) is 0 Å². The van der Waals surface area contributed by atoms with E-state index in [-0.39, 0.29) is 29.9 Å². The molecule has 0 spiro atoms. The Morgan fingerprint density at radius 2 is 1.27 bits per heavy atom. The minimum absolute atomic E-state index is 0.0432. The van der Waals surface area contributed by atoms with Gasteiger partial charge in [-0.2, -0.15) is 26.3 Å². The molecule has 0 fully saturated rings. The molecule has 6 heteroatoms. The van der Waals surface area contributed by atoms with Crippen LogP contribution in [0.15, 0.2) is 48.5 Å². The standard InChI is InChI=1S/C20H20F6/c1-13(2)8-16(15-6-4-3-5-7-15)9-14-10-17(19(21,22)23)12-18(11-14)20(24,25)26/h3-7,10-13,16H,8-9H2,1-2H3. The first-order valence-electron chi connectivity index (χ1n) is 8.30. The molecule has 0 saturated carbocycles. The van der Waals surface area contributed by atoms with Crippen LogP contribution < -0.4 is 0 Å². The largest absolute Gasteiger partial charge is 0.416 e. The van der Waals surface area contributed by atoms with E-state index in [2.05, 4.69) is 0 Å². The van der Waals surface area contributed by atoms with E-state index in [1.807, 2.05) is 44.2 Å². The van der Waals surface area contributed by atoms with Crippen molar-refractivity contribution in [1.29, 1.82) is 0 Å². The number of halogens is 6. The van der Waals surface area contributed by atoms with Gasteiger partial charge in [0.1, 0.15) is 0 Å². The Hall–Kier alpha value is -1.98. The molecule has 0 bridgehead atoms. The maximum atomic E-state index is 13.0. The van der Waals surface area contributed by atoms with Gasteiger partial charge in [0.25, 0.3) is 0 Å². The van der Waals surface area contributed by atoms with Crippen LogP contribution in [0.25, 0.3) is 0 Å². The zero-order valence-electron chi connectivity index (χ0n) is 14.5. The number of hydrogen-bond acceptors (Lipinski definition) is 0. The normalized spacial score (nSPS) is 13.9. The van der Waals surface area contributed by atoms with Crippen molar-refractivity contribution < 1.29 is 26.3 Å². The third-order valence-corrected chi connectivity index (χ3v) is 4.16. The maximum Gasteiger partial charge on any atom is 0.416 e. The molecule has 0 aliphatic carbocycles. The average Bonchev–Trinajstić information content (AvgIpc) is 2.53. The zero-order chi connectivity index (χ0) is 19.5. The molecule has 0 aliphatic rings. The van der Waals surface area contributed by atoms with Gasteiger partial charge >= 0.3 is 12.4 Å². The van der Waals surface area contributed by atoms with Crippen LogP contribution in [0, 0.1) is 5.92 Å². The van der Waals surface area contributed by atoms with Crippen LogP contribution in [0.1, 0.15) is 48.4 Å². The van der Waals surface area contributed by atoms with Crippen molar-refractivity contribution in [2.75, 3.05) is 0 Å². The molecule has 0 heterocycles. The molecular weight excluding hydrogens is 354 g/mol. The minimum atomic E-state index is -4.82. The lowest BCUT2D eigenvalue weighted by molar-refractivity contribution is -0.143. The van der Waals surface area contributed by atoms with E-state index >= 15 is 0 Å². The fourth-order valence-electron chi connectivity index (χ4n) is 3.05. The molecule has 142 valence electrons. The van der Waals surface area contributed by atoms with E-state index in [1.54, 1.807) is 0 Å². The summed E-state index contributed by atoms with van der Waals surface area (Å²) in [5.41, 5.74) is -1.58. The summed E-state index contributed by atoms with van der Waals surface area (Å²) in [6.45, 7) is 3.95. The summed E-state index contributed by atoms with van der Waals surface area (Å²) in [6.07, 6.45) is -8.86. The van der Waals surface area contributed by atoms with Crippen molar-refractivity contribution in [3.63, 3.8) is 0 Å². The van der Waals surface area contributed by atoms with Crippen LogP contribution in [0.5, 0.6) is 0 Å². The van der Waals surface area contributed by atoms with Crippen LogP contribution in [0.2, 0.25) is 0 Å². The summed E-state index contributed by atoms with van der Waals surface area (Å²) >= 11 is 0. The van der Waals surface area contributed by atoms with Gasteiger partial charge in [-0.05, 0) is 54.0 Å². The molecular formula is C20H20F6. The van der Waals surface area contributed by atoms with Crippen molar-refractivity contribution >= 4 is 0 Å². The molecule has 1 unspecified atom stereocenters. The van der Waals surface area contributed by atoms with Gasteiger partial charge in [-0.1, -0.05) is 44.2 Å². The van der Waals surface area contributed by atoms with Crippen molar-refractivity contribution in [3.8, 4) is 0 Å². The van der Waals surface area contributed by atoms with Crippen LogP contribution in [0.4, 0.5) is 26.3 Å². The van der Waals surface area contributed by atoms with Crippen LogP contribution in [-0.4, -0.2) is 0 Å². The van der Waals surface area contributed by atoms with E-state index in [4.69, 9.17) is 0 Å². The summed E-state index contributed by atoms with van der Waals surface area (Å²) < 4.78 is 78.2. The number of benzene rings is 2. The van der Waals surface area contributed by atoms with Crippen molar-refractivity contribution in [3.05, 3.63) is 70.8 Å². The van der Waals surface area contributed by atoms with Gasteiger partial charge in [-0.3, -0.25) is 0 Å². The Kier molecular flexibility index (Phi) is 6.04. The fraction of sp³-hybridized carbons (Fsp3) is 0.400. The van der Waals surface area contributed by atoms with E-state index in [1.165, 1.54) is 0 Å². The lowest BCUT2D eigenvalue weighted by Gasteiger charge is -2.21. The predicted octanol–water partition coefficient (Wildman–Crippen LogP) is 7.10. The molecule has 2 aromatic carbocycles. The molecule has 0 saturated heterocycles. The molecule has 0 nitrogen and oxygen atoms in total. The predicted molar refractivity (Wildman–Crippen MR) is 88.8 cm³/mol. The highest BCUT2D eigenvalue weighted by molar-refractivity contribution is 5.35. The van der Waals surface area contributed by atoms with E-state index in [0.717, 1.165) is 17.7 Å². The first kappa shape index (κ1) is 20.3. The summed E-state index contributed by atoms with van der Waals surface area (Å²) in [7, 11) is 0. The quantitative estimate of drug-likeness (QED) is 0.490. The van der Waals surface area contributed by atoms with Crippen molar-refractivity contribution in [2.24, 2.45) is 5.92 Å². The third kappa shape index (κ3) is 5.51. The SMILES string of the molecule is CC(C)CC(Cc1cc(C(F)(F)F)cc(C(F)(F)F)c1)c1ccccc1. The minimum Gasteiger partial charge on any atom is -0.166 e. The topological polar surface area (TPSA) is 0 Å². The third-order valence-electron chi connectivity index (χ3n) is 4.16. The molecule has 0 aliphatic heterocycles. The van der Waals surface area contributed by atoms with Gasteiger partial charge in [0.2, 0.25) is 0 Å². The molecule has 0 radical (unpaired) electrons. The average molecular weight is 374 g/mol. The van der Waals surface area contributed by atoms with Gasteiger partial charge in [-0.15, -0.1) is 0 Å². The van der Waals surface area contributed by atoms with Crippen LogP contribution in [-0.2, 0) is 18.8 Å². The maximum absolute atomic E-state index is 13.0. The summed E-state index contributed by atoms with van der Waals surface area (Å²) in [6, 6.07) is 11.0. The van der Waals surface area contributed by atoms with E-state index in [9.17, 15) is 26.3 Å². The lowest BCUT2D eigenvalue weighted by Crippen LogP contribution is -2.13. The smallest absolute Gasteiger partial charge is 0.166 e. The fourth-order valence-corrected chi connectivity index (χ4v) is 3.05. The molecule has 0 N–H and O–H groups in total. The van der Waals surface area contributed by atoms with Gasteiger partial charge in [0.15, 0.2) is 0 Å². The molecule has 0 amide bonds. The van der Waals surface area contributed by atoms with Gasteiger partial charge in [0.05, 0.1) is 11.1 Å². The van der Waals surface area contributed by atoms with E-state index in [0.29, 0.717) is 6.42 Å². The van der Waals surface area contributed by atoms with Crippen molar-refractivity contribution in [2.45, 2.75) is 45.0 Å². The van der Waals surface area contributed by atoms with E-state index < -0.39 is 23.5 Å². The Balaban J connectivity index is 2.44. The Bertz CT molecular complexity index is 681. The second-order valence-corrected chi connectivity index (χ2v) is 6.86. The Morgan fingerprint density at radius 1 is 0.769 bits per heavy atom. The molecule has 2 rings (SSSR count). The van der Waals surface area contributed by atoms with Crippen LogP contribution in [0.3, 0.4) is 0 Å². The van der Waals surface area contributed by atoms with Gasteiger partial charge in [0, 0.05) is 0 Å². The van der Waals surface area contributed by atoms with Crippen LogP contribution >= 0.6 is 0 Å². The highest BCUT2D eigenvalue weighted by atomic mass is 19.4. The highest BCUT2D eigenvalue weighted by Gasteiger charge is 2.37. The monoisotopic (exact) mass is 374 g/mol. The highest BCUT2D eigenvalue weighted by Crippen LogP contribution is 2.38.